The Kier molecular flexibility index (Phi) is 7.34. The van der Waals surface area contributed by atoms with Gasteiger partial charge in [-0.25, -0.2) is 15.2 Å². The molecule has 0 saturated heterocycles. The minimum Gasteiger partial charge on any atom is -0.493 e. The number of carbonyl (C=O) groups is 1. The molecule has 2 aromatic carbocycles. The molecule has 0 bridgehead atoms. The summed E-state index contributed by atoms with van der Waals surface area (Å²) in [7, 11) is 1.47. The fourth-order valence-electron chi connectivity index (χ4n) is 2.55. The van der Waals surface area contributed by atoms with Gasteiger partial charge in [0.1, 0.15) is 6.20 Å². The molecule has 1 heterocycles. The van der Waals surface area contributed by atoms with Gasteiger partial charge in [0.2, 0.25) is 5.88 Å². The molecule has 0 fully saturated rings. The van der Waals surface area contributed by atoms with E-state index in [9.17, 15) is 14.9 Å². The van der Waals surface area contributed by atoms with Crippen molar-refractivity contribution in [1.29, 1.82) is 0 Å². The Bertz CT molecular complexity index is 1170. The van der Waals surface area contributed by atoms with Gasteiger partial charge < -0.3 is 14.8 Å². The Hall–Kier alpha value is -3.99. The van der Waals surface area contributed by atoms with Crippen LogP contribution in [0.1, 0.15) is 11.1 Å². The van der Waals surface area contributed by atoms with Crippen LogP contribution in [0.3, 0.4) is 0 Å². The first-order valence-corrected chi connectivity index (χ1v) is 9.97. The van der Waals surface area contributed by atoms with Crippen molar-refractivity contribution < 1.29 is 19.2 Å². The van der Waals surface area contributed by atoms with E-state index in [4.69, 9.17) is 9.47 Å². The predicted octanol–water partition coefficient (Wildman–Crippen LogP) is 5.02. The maximum atomic E-state index is 12.0. The molecule has 2 N–H and O–H groups in total. The molecular formula is C21H18BrN5O5. The number of halogens is 1. The van der Waals surface area contributed by atoms with E-state index in [1.165, 1.54) is 25.5 Å². The third-order valence-electron chi connectivity index (χ3n) is 4.13. The number of aryl methyl sites for hydroxylation is 1. The molecule has 0 saturated carbocycles. The lowest BCUT2D eigenvalue weighted by Crippen LogP contribution is -2.24. The SMILES string of the molecule is COc1cc(/C=N/NC(=O)Nc2ccc(Br)c(C)c2)ccc1Oc1ccc([N+](=O)[O-])cn1. The highest BCUT2D eigenvalue weighted by Gasteiger charge is 2.10. The topological polar surface area (TPSA) is 128 Å². The summed E-state index contributed by atoms with van der Waals surface area (Å²) in [5.41, 5.74) is 4.53. The summed E-state index contributed by atoms with van der Waals surface area (Å²) in [6.07, 6.45) is 2.55. The fraction of sp³-hybridized carbons (Fsp3) is 0.0952. The number of anilines is 1. The van der Waals surface area contributed by atoms with E-state index in [2.05, 4.69) is 36.8 Å². The van der Waals surface area contributed by atoms with Crippen molar-refractivity contribution in [3.63, 3.8) is 0 Å². The Morgan fingerprint density at radius 2 is 2.00 bits per heavy atom. The molecule has 1 aromatic heterocycles. The average Bonchev–Trinajstić information content (AvgIpc) is 2.77. The number of amides is 2. The molecule has 0 spiro atoms. The standard InChI is InChI=1S/C21H18BrN5O5/c1-13-9-15(4-6-17(13)22)25-21(28)26-24-11-14-3-7-18(19(10-14)31-2)32-20-8-5-16(12-23-20)27(29)30/h3-12H,1-2H3,(H2,25,26,28)/b24-11+. The second-order valence-corrected chi connectivity index (χ2v) is 7.27. The number of nitrogens with zero attached hydrogens (tertiary/aromatic N) is 3. The minimum atomic E-state index is -0.542. The minimum absolute atomic E-state index is 0.136. The molecule has 11 heteroatoms. The lowest BCUT2D eigenvalue weighted by atomic mass is 10.2. The van der Waals surface area contributed by atoms with E-state index < -0.39 is 11.0 Å². The normalized spacial score (nSPS) is 10.6. The maximum absolute atomic E-state index is 12.0. The van der Waals surface area contributed by atoms with Crippen molar-refractivity contribution >= 4 is 39.6 Å². The molecule has 3 rings (SSSR count). The summed E-state index contributed by atoms with van der Waals surface area (Å²) in [5, 5.41) is 17.3. The van der Waals surface area contributed by atoms with Gasteiger partial charge in [-0.2, -0.15) is 5.10 Å². The van der Waals surface area contributed by atoms with Crippen LogP contribution in [0.2, 0.25) is 0 Å². The first kappa shape index (κ1) is 22.7. The number of methoxy groups -OCH3 is 1. The van der Waals surface area contributed by atoms with Crippen LogP contribution in [-0.4, -0.2) is 29.3 Å². The summed E-state index contributed by atoms with van der Waals surface area (Å²) in [6.45, 7) is 1.92. The molecule has 164 valence electrons. The summed E-state index contributed by atoms with van der Waals surface area (Å²) in [5.74, 6) is 0.933. The number of pyridine rings is 1. The average molecular weight is 500 g/mol. The van der Waals surface area contributed by atoms with Gasteiger partial charge in [-0.1, -0.05) is 15.9 Å². The molecule has 3 aromatic rings. The van der Waals surface area contributed by atoms with E-state index in [0.29, 0.717) is 22.7 Å². The van der Waals surface area contributed by atoms with Gasteiger partial charge >= 0.3 is 6.03 Å². The van der Waals surface area contributed by atoms with Crippen molar-refractivity contribution in [3.05, 3.63) is 80.4 Å². The number of hydrazone groups is 1. The van der Waals surface area contributed by atoms with Gasteiger partial charge in [-0.05, 0) is 54.4 Å². The quantitative estimate of drug-likeness (QED) is 0.267. The van der Waals surface area contributed by atoms with Crippen molar-refractivity contribution in [3.8, 4) is 17.4 Å². The van der Waals surface area contributed by atoms with Crippen molar-refractivity contribution in [1.82, 2.24) is 10.4 Å². The smallest absolute Gasteiger partial charge is 0.339 e. The van der Waals surface area contributed by atoms with Crippen LogP contribution in [-0.2, 0) is 0 Å². The fourth-order valence-corrected chi connectivity index (χ4v) is 2.80. The van der Waals surface area contributed by atoms with Gasteiger partial charge in [-0.3, -0.25) is 10.1 Å². The Balaban J connectivity index is 1.62. The van der Waals surface area contributed by atoms with E-state index in [1.807, 2.05) is 19.1 Å². The van der Waals surface area contributed by atoms with E-state index in [0.717, 1.165) is 16.2 Å². The van der Waals surface area contributed by atoms with Crippen LogP contribution in [0.15, 0.2) is 64.3 Å². The molecule has 0 unspecified atom stereocenters. The molecule has 2 amide bonds. The van der Waals surface area contributed by atoms with Crippen molar-refractivity contribution in [2.45, 2.75) is 6.92 Å². The Morgan fingerprint density at radius 3 is 2.66 bits per heavy atom. The number of hydrogen-bond donors (Lipinski definition) is 2. The van der Waals surface area contributed by atoms with E-state index in [-0.39, 0.29) is 11.6 Å². The highest BCUT2D eigenvalue weighted by Crippen LogP contribution is 2.31. The van der Waals surface area contributed by atoms with Gasteiger partial charge in [0.25, 0.3) is 5.69 Å². The lowest BCUT2D eigenvalue weighted by molar-refractivity contribution is -0.385. The zero-order chi connectivity index (χ0) is 23.1. The number of carbonyl (C=O) groups excluding carboxylic acids is 1. The first-order valence-electron chi connectivity index (χ1n) is 9.18. The van der Waals surface area contributed by atoms with E-state index in [1.54, 1.807) is 24.3 Å². The molecule has 0 aliphatic heterocycles. The van der Waals surface area contributed by atoms with Crippen LogP contribution < -0.4 is 20.2 Å². The van der Waals surface area contributed by atoms with Crippen LogP contribution >= 0.6 is 15.9 Å². The number of urea groups is 1. The van der Waals surface area contributed by atoms with Crippen molar-refractivity contribution in [2.75, 3.05) is 12.4 Å². The second kappa shape index (κ2) is 10.4. The first-order chi connectivity index (χ1) is 15.4. The van der Waals surface area contributed by atoms with Crippen LogP contribution in [0.5, 0.6) is 17.4 Å². The molecule has 32 heavy (non-hydrogen) atoms. The summed E-state index contributed by atoms with van der Waals surface area (Å²) < 4.78 is 11.9. The number of hydrogen-bond acceptors (Lipinski definition) is 7. The van der Waals surface area contributed by atoms with Crippen LogP contribution in [0.4, 0.5) is 16.2 Å². The monoisotopic (exact) mass is 499 g/mol. The highest BCUT2D eigenvalue weighted by molar-refractivity contribution is 9.10. The molecule has 0 aliphatic carbocycles. The molecule has 0 atom stereocenters. The van der Waals surface area contributed by atoms with Gasteiger partial charge in [0, 0.05) is 22.3 Å². The predicted molar refractivity (Wildman–Crippen MR) is 123 cm³/mol. The lowest BCUT2D eigenvalue weighted by Gasteiger charge is -2.10. The van der Waals surface area contributed by atoms with Crippen LogP contribution in [0, 0.1) is 17.0 Å². The van der Waals surface area contributed by atoms with Crippen molar-refractivity contribution in [2.24, 2.45) is 5.10 Å². The third kappa shape index (κ3) is 6.01. The summed E-state index contributed by atoms with van der Waals surface area (Å²) in [6, 6.07) is 12.6. The molecule has 10 nitrogen and oxygen atoms in total. The number of aromatic nitrogens is 1. The summed E-state index contributed by atoms with van der Waals surface area (Å²) in [4.78, 5) is 26.1. The molecule has 0 aliphatic rings. The number of benzene rings is 2. The highest BCUT2D eigenvalue weighted by atomic mass is 79.9. The molecular weight excluding hydrogens is 482 g/mol. The molecule has 0 radical (unpaired) electrons. The second-order valence-electron chi connectivity index (χ2n) is 6.41. The maximum Gasteiger partial charge on any atom is 0.339 e. The van der Waals surface area contributed by atoms with Gasteiger partial charge in [0.05, 0.1) is 18.2 Å². The largest absolute Gasteiger partial charge is 0.493 e. The van der Waals surface area contributed by atoms with Crippen LogP contribution in [0.25, 0.3) is 0 Å². The number of rotatable bonds is 7. The van der Waals surface area contributed by atoms with Gasteiger partial charge in [0.15, 0.2) is 11.5 Å². The zero-order valence-corrected chi connectivity index (χ0v) is 18.6. The third-order valence-corrected chi connectivity index (χ3v) is 5.02. The summed E-state index contributed by atoms with van der Waals surface area (Å²) >= 11 is 3.41. The number of ether oxygens (including phenoxy) is 2. The number of nitrogens with one attached hydrogen (secondary N) is 2. The Labute approximate surface area is 191 Å². The zero-order valence-electron chi connectivity index (χ0n) is 17.0. The van der Waals surface area contributed by atoms with E-state index >= 15 is 0 Å². The Morgan fingerprint density at radius 1 is 1.19 bits per heavy atom. The number of nitro groups is 1. The van der Waals surface area contributed by atoms with Gasteiger partial charge in [-0.15, -0.1) is 0 Å².